The Morgan fingerprint density at radius 1 is 1.27 bits per heavy atom. The number of carbonyl (C=O) groups is 1. The van der Waals surface area contributed by atoms with E-state index in [4.69, 9.17) is 4.74 Å². The molecule has 0 radical (unpaired) electrons. The molecule has 2 aromatic rings. The van der Waals surface area contributed by atoms with Crippen LogP contribution in [0.5, 0.6) is 5.75 Å². The summed E-state index contributed by atoms with van der Waals surface area (Å²) < 4.78 is 46.2. The van der Waals surface area contributed by atoms with Gasteiger partial charge in [-0.1, -0.05) is 25.1 Å². The second-order valence-electron chi connectivity index (χ2n) is 5.84. The number of fused-ring (bicyclic) bond motifs is 1. The molecule has 0 bridgehead atoms. The number of para-hydroxylation sites is 1. The number of hydrogen-bond acceptors (Lipinski definition) is 4. The van der Waals surface area contributed by atoms with Crippen LogP contribution in [-0.2, 0) is 10.0 Å². The number of carbonyl (C=O) groups excluding carboxylic acids is 1. The molecule has 1 aliphatic heterocycles. The summed E-state index contributed by atoms with van der Waals surface area (Å²) in [7, 11) is -3.78. The molecule has 0 fully saturated rings. The second kappa shape index (κ2) is 7.43. The Morgan fingerprint density at radius 3 is 2.81 bits per heavy atom. The molecule has 138 valence electrons. The molecule has 26 heavy (non-hydrogen) atoms. The lowest BCUT2D eigenvalue weighted by Crippen LogP contribution is -2.33. The van der Waals surface area contributed by atoms with Crippen molar-refractivity contribution in [2.75, 3.05) is 13.2 Å². The van der Waals surface area contributed by atoms with Gasteiger partial charge in [-0.05, 0) is 24.3 Å². The van der Waals surface area contributed by atoms with E-state index >= 15 is 0 Å². The van der Waals surface area contributed by atoms with Crippen LogP contribution in [-0.4, -0.2) is 27.5 Å². The third-order valence-corrected chi connectivity index (χ3v) is 5.63. The summed E-state index contributed by atoms with van der Waals surface area (Å²) in [5, 5.41) is 2.77. The van der Waals surface area contributed by atoms with Gasteiger partial charge in [0.1, 0.15) is 11.6 Å². The minimum atomic E-state index is -3.78. The highest BCUT2D eigenvalue weighted by Gasteiger charge is 2.25. The fraction of sp³-hybridized carbons (Fsp3) is 0.278. The Morgan fingerprint density at radius 2 is 2.04 bits per heavy atom. The summed E-state index contributed by atoms with van der Waals surface area (Å²) >= 11 is 0. The van der Waals surface area contributed by atoms with Crippen molar-refractivity contribution in [3.8, 4) is 5.75 Å². The summed E-state index contributed by atoms with van der Waals surface area (Å²) in [6.07, 6.45) is 0.541. The van der Waals surface area contributed by atoms with E-state index in [-0.39, 0.29) is 23.0 Å². The Labute approximate surface area is 151 Å². The number of sulfonamides is 1. The van der Waals surface area contributed by atoms with Gasteiger partial charge in [0, 0.05) is 18.5 Å². The van der Waals surface area contributed by atoms with E-state index in [1.165, 1.54) is 0 Å². The van der Waals surface area contributed by atoms with E-state index in [0.717, 1.165) is 23.8 Å². The van der Waals surface area contributed by atoms with E-state index in [1.54, 1.807) is 13.0 Å². The Balaban J connectivity index is 1.87. The summed E-state index contributed by atoms with van der Waals surface area (Å²) in [5.74, 6) is -0.774. The number of nitrogens with one attached hydrogen (secondary N) is 2. The van der Waals surface area contributed by atoms with E-state index in [0.29, 0.717) is 18.8 Å². The summed E-state index contributed by atoms with van der Waals surface area (Å²) in [6, 6.07) is 10.1. The largest absolute Gasteiger partial charge is 0.493 e. The lowest BCUT2D eigenvalue weighted by atomic mass is 10.00. The lowest BCUT2D eigenvalue weighted by Gasteiger charge is -2.26. The molecule has 1 atom stereocenters. The molecule has 2 aromatic carbocycles. The zero-order valence-electron chi connectivity index (χ0n) is 14.2. The summed E-state index contributed by atoms with van der Waals surface area (Å²) in [5.41, 5.74) is 0.497. The van der Waals surface area contributed by atoms with Gasteiger partial charge in [0.05, 0.1) is 23.1 Å². The third kappa shape index (κ3) is 3.71. The Bertz CT molecular complexity index is 931. The molecular weight excluding hydrogens is 359 g/mol. The van der Waals surface area contributed by atoms with Crippen molar-refractivity contribution >= 4 is 15.9 Å². The average Bonchev–Trinajstić information content (AvgIpc) is 2.62. The third-order valence-electron chi connectivity index (χ3n) is 4.09. The van der Waals surface area contributed by atoms with Crippen molar-refractivity contribution < 1.29 is 22.3 Å². The topological polar surface area (TPSA) is 84.5 Å². The summed E-state index contributed by atoms with van der Waals surface area (Å²) in [6.45, 7) is 2.26. The summed E-state index contributed by atoms with van der Waals surface area (Å²) in [4.78, 5) is 12.4. The van der Waals surface area contributed by atoms with Crippen LogP contribution in [0.3, 0.4) is 0 Å². The number of amides is 1. The van der Waals surface area contributed by atoms with Gasteiger partial charge >= 0.3 is 0 Å². The normalized spacial score (nSPS) is 16.5. The van der Waals surface area contributed by atoms with Crippen molar-refractivity contribution in [1.82, 2.24) is 10.0 Å². The molecule has 8 heteroatoms. The van der Waals surface area contributed by atoms with Crippen molar-refractivity contribution in [3.05, 3.63) is 59.4 Å². The average molecular weight is 378 g/mol. The van der Waals surface area contributed by atoms with Crippen LogP contribution >= 0.6 is 0 Å². The highest BCUT2D eigenvalue weighted by atomic mass is 32.2. The Hall–Kier alpha value is -2.45. The van der Waals surface area contributed by atoms with Crippen LogP contribution in [0.2, 0.25) is 0 Å². The number of hydrogen-bond donors (Lipinski definition) is 2. The monoisotopic (exact) mass is 378 g/mol. The number of rotatable bonds is 5. The molecular formula is C18H19FN2O4S. The van der Waals surface area contributed by atoms with Gasteiger partial charge in [0.2, 0.25) is 10.0 Å². The zero-order valence-corrected chi connectivity index (χ0v) is 15.0. The predicted octanol–water partition coefficient (Wildman–Crippen LogP) is 2.38. The maximum Gasteiger partial charge on any atom is 0.254 e. The van der Waals surface area contributed by atoms with Crippen LogP contribution < -0.4 is 14.8 Å². The highest BCUT2D eigenvalue weighted by molar-refractivity contribution is 7.89. The van der Waals surface area contributed by atoms with E-state index < -0.39 is 21.7 Å². The molecule has 3 rings (SSSR count). The van der Waals surface area contributed by atoms with E-state index in [9.17, 15) is 17.6 Å². The lowest BCUT2D eigenvalue weighted by molar-refractivity contribution is 0.0920. The highest BCUT2D eigenvalue weighted by Crippen LogP contribution is 2.31. The van der Waals surface area contributed by atoms with Gasteiger partial charge in [-0.3, -0.25) is 4.79 Å². The molecule has 0 unspecified atom stereocenters. The molecule has 2 N–H and O–H groups in total. The van der Waals surface area contributed by atoms with E-state index in [2.05, 4.69) is 10.0 Å². The van der Waals surface area contributed by atoms with Crippen LogP contribution in [0.15, 0.2) is 47.4 Å². The first-order chi connectivity index (χ1) is 12.4. The maximum absolute atomic E-state index is 14.1. The molecule has 1 amide bonds. The van der Waals surface area contributed by atoms with Gasteiger partial charge < -0.3 is 10.1 Å². The second-order valence-corrected chi connectivity index (χ2v) is 7.61. The minimum absolute atomic E-state index is 0.154. The quantitative estimate of drug-likeness (QED) is 0.837. The SMILES string of the molecule is CCNS(=O)(=O)c1ccc(F)c(C(=O)N[C@H]2CCOc3ccccc32)c1. The molecule has 0 aromatic heterocycles. The molecule has 0 spiro atoms. The van der Waals surface area contributed by atoms with Crippen molar-refractivity contribution in [3.63, 3.8) is 0 Å². The van der Waals surface area contributed by atoms with Crippen LogP contribution in [0, 0.1) is 5.82 Å². The standard InChI is InChI=1S/C18H19FN2O4S/c1-2-20-26(23,24)12-7-8-15(19)14(11-12)18(22)21-16-9-10-25-17-6-4-3-5-13(16)17/h3-8,11,16,20H,2,9-10H2,1H3,(H,21,22)/t16-/m0/s1. The fourth-order valence-electron chi connectivity index (χ4n) is 2.85. The van der Waals surface area contributed by atoms with Gasteiger partial charge in [0.25, 0.3) is 5.91 Å². The van der Waals surface area contributed by atoms with Crippen molar-refractivity contribution in [1.29, 1.82) is 0 Å². The molecule has 0 saturated carbocycles. The first-order valence-electron chi connectivity index (χ1n) is 8.24. The van der Waals surface area contributed by atoms with Crippen molar-refractivity contribution in [2.45, 2.75) is 24.3 Å². The van der Waals surface area contributed by atoms with Gasteiger partial charge in [-0.15, -0.1) is 0 Å². The molecule has 1 aliphatic rings. The molecule has 0 aliphatic carbocycles. The van der Waals surface area contributed by atoms with Gasteiger partial charge in [-0.2, -0.15) is 0 Å². The molecule has 1 heterocycles. The molecule has 6 nitrogen and oxygen atoms in total. The number of halogens is 1. The Kier molecular flexibility index (Phi) is 5.24. The first kappa shape index (κ1) is 18.3. The smallest absolute Gasteiger partial charge is 0.254 e. The van der Waals surface area contributed by atoms with Crippen LogP contribution in [0.1, 0.15) is 35.3 Å². The fourth-order valence-corrected chi connectivity index (χ4v) is 3.91. The van der Waals surface area contributed by atoms with Gasteiger partial charge in [0.15, 0.2) is 0 Å². The minimum Gasteiger partial charge on any atom is -0.493 e. The predicted molar refractivity (Wildman–Crippen MR) is 94.0 cm³/mol. The maximum atomic E-state index is 14.1. The van der Waals surface area contributed by atoms with E-state index in [1.807, 2.05) is 18.2 Å². The number of benzene rings is 2. The van der Waals surface area contributed by atoms with Crippen LogP contribution in [0.4, 0.5) is 4.39 Å². The molecule has 0 saturated heterocycles. The first-order valence-corrected chi connectivity index (χ1v) is 9.72. The van der Waals surface area contributed by atoms with Gasteiger partial charge in [-0.25, -0.2) is 17.5 Å². The van der Waals surface area contributed by atoms with Crippen LogP contribution in [0.25, 0.3) is 0 Å². The zero-order chi connectivity index (χ0) is 18.7. The van der Waals surface area contributed by atoms with Crippen molar-refractivity contribution in [2.24, 2.45) is 0 Å². The number of ether oxygens (including phenoxy) is 1.